The van der Waals surface area contributed by atoms with Gasteiger partial charge < -0.3 is 19.2 Å². The number of nitrogens with one attached hydrogen (secondary N) is 1. The van der Waals surface area contributed by atoms with E-state index in [1.165, 1.54) is 7.11 Å². The molecule has 0 fully saturated rings. The van der Waals surface area contributed by atoms with Gasteiger partial charge in [-0.25, -0.2) is 19.0 Å². The van der Waals surface area contributed by atoms with Crippen LogP contribution in [0.5, 0.6) is 5.75 Å². The highest BCUT2D eigenvalue weighted by atomic mass is 79.9. The Morgan fingerprint density at radius 1 is 1.09 bits per heavy atom. The number of amides is 2. The van der Waals surface area contributed by atoms with Crippen LogP contribution in [0.3, 0.4) is 0 Å². The van der Waals surface area contributed by atoms with Gasteiger partial charge in [-0.2, -0.15) is 4.99 Å². The minimum Gasteiger partial charge on any atom is -0.542 e. The number of thioether (sulfide) groups is 1. The van der Waals surface area contributed by atoms with Crippen molar-refractivity contribution < 1.29 is 27.9 Å². The molecule has 0 unspecified atom stereocenters. The zero-order valence-corrected chi connectivity index (χ0v) is 30.3. The molecule has 0 aliphatic heterocycles. The molecule has 0 atom stereocenters. The van der Waals surface area contributed by atoms with E-state index < -0.39 is 31.9 Å². The van der Waals surface area contributed by atoms with Crippen LogP contribution < -0.4 is 9.74 Å². The van der Waals surface area contributed by atoms with E-state index in [1.807, 2.05) is 6.92 Å². The summed E-state index contributed by atoms with van der Waals surface area (Å²) in [6.45, 7) is 17.9. The Hall–Kier alpha value is -2.70. The largest absolute Gasteiger partial charge is 0.542 e. The first-order chi connectivity index (χ1) is 19.8. The van der Waals surface area contributed by atoms with Crippen molar-refractivity contribution in [3.8, 4) is 5.75 Å². The van der Waals surface area contributed by atoms with Crippen LogP contribution in [0, 0.1) is 5.82 Å². The second-order valence-corrected chi connectivity index (χ2v) is 18.7. The smallest absolute Gasteiger partial charge is 0.434 e. The number of hydrogen-bond acceptors (Lipinski definition) is 7. The highest BCUT2D eigenvalue weighted by Gasteiger charge is 2.40. The zero-order chi connectivity index (χ0) is 32.8. The summed E-state index contributed by atoms with van der Waals surface area (Å²) in [6, 6.07) is 8.72. The van der Waals surface area contributed by atoms with E-state index in [0.717, 1.165) is 21.8 Å². The van der Waals surface area contributed by atoms with Crippen molar-refractivity contribution in [2.75, 3.05) is 13.4 Å². The van der Waals surface area contributed by atoms with Gasteiger partial charge in [-0.1, -0.05) is 43.6 Å². The van der Waals surface area contributed by atoms with Gasteiger partial charge in [0, 0.05) is 16.6 Å². The number of nitrogens with zero attached hydrogens (tertiary/aromatic N) is 2. The number of aliphatic imine (C=N–C) groups is 2. The second-order valence-electron chi connectivity index (χ2n) is 12.4. The fourth-order valence-corrected chi connectivity index (χ4v) is 5.36. The van der Waals surface area contributed by atoms with Crippen molar-refractivity contribution in [2.24, 2.45) is 9.98 Å². The number of carbonyl (C=O) groups is 2. The number of ether oxygens (including phenoxy) is 2. The summed E-state index contributed by atoms with van der Waals surface area (Å²) in [7, 11) is -1.17. The predicted octanol–water partition coefficient (Wildman–Crippen LogP) is 9.21. The first-order valence-corrected chi connectivity index (χ1v) is 18.8. The number of alkyl carbamates (subject to hydrolysis) is 1. The Labute approximate surface area is 268 Å². The number of hydrogen-bond donors (Lipinski definition) is 1. The highest BCUT2D eigenvalue weighted by Crippen LogP contribution is 2.39. The summed E-state index contributed by atoms with van der Waals surface area (Å²) in [5.74, 6) is -0.443. The van der Waals surface area contributed by atoms with Gasteiger partial charge in [-0.05, 0) is 93.0 Å². The molecule has 0 aromatic heterocycles. The van der Waals surface area contributed by atoms with Crippen LogP contribution in [-0.2, 0) is 22.4 Å². The van der Waals surface area contributed by atoms with Crippen molar-refractivity contribution in [2.45, 2.75) is 85.2 Å². The maximum absolute atomic E-state index is 16.4. The minimum absolute atomic E-state index is 0.144. The van der Waals surface area contributed by atoms with Gasteiger partial charge >= 0.3 is 12.2 Å². The van der Waals surface area contributed by atoms with Crippen LogP contribution in [0.2, 0.25) is 18.1 Å². The molecule has 0 saturated heterocycles. The molecule has 1 N–H and O–H groups in total. The summed E-state index contributed by atoms with van der Waals surface area (Å²) in [5.41, 5.74) is 1.68. The lowest BCUT2D eigenvalue weighted by Crippen LogP contribution is -2.44. The lowest BCUT2D eigenvalue weighted by Gasteiger charge is -2.36. The van der Waals surface area contributed by atoms with Gasteiger partial charge in [0.05, 0.1) is 12.8 Å². The third-order valence-corrected chi connectivity index (χ3v) is 12.6. The summed E-state index contributed by atoms with van der Waals surface area (Å²) in [5, 5.41) is 2.76. The molecule has 0 aliphatic carbocycles. The van der Waals surface area contributed by atoms with Crippen LogP contribution >= 0.6 is 27.7 Å². The van der Waals surface area contributed by atoms with Crippen molar-refractivity contribution in [3.05, 3.63) is 57.3 Å². The van der Waals surface area contributed by atoms with Gasteiger partial charge in [0.1, 0.15) is 22.1 Å². The summed E-state index contributed by atoms with van der Waals surface area (Å²) in [4.78, 5) is 33.4. The van der Waals surface area contributed by atoms with Crippen molar-refractivity contribution >= 4 is 64.6 Å². The van der Waals surface area contributed by atoms with Crippen LogP contribution in [0.1, 0.15) is 65.2 Å². The van der Waals surface area contributed by atoms with Crippen molar-refractivity contribution in [3.63, 3.8) is 0 Å². The molecule has 0 heterocycles. The molecule has 2 aromatic carbocycles. The Bertz CT molecular complexity index is 1400. The lowest BCUT2D eigenvalue weighted by atomic mass is 10.0. The average Bonchev–Trinajstić information content (AvgIpc) is 2.90. The molecule has 12 heteroatoms. The monoisotopic (exact) mass is 695 g/mol. The van der Waals surface area contributed by atoms with Gasteiger partial charge in [-0.3, -0.25) is 0 Å². The molecule has 0 bridgehead atoms. The van der Waals surface area contributed by atoms with E-state index in [-0.39, 0.29) is 33.7 Å². The molecule has 2 rings (SSSR count). The fourth-order valence-electron chi connectivity index (χ4n) is 3.46. The number of halogens is 2. The SMILES string of the molecule is CCc1cc(O[Si](C)(C)C(C)(C)C)c(F)c(C(=N\c2ccc(Br)c(CNC(=O)OC(C)(C)C)c2)/C(=N/C(=O)OC)SC)c1. The number of aryl methyl sites for hydroxylation is 1. The minimum atomic E-state index is -2.40. The van der Waals surface area contributed by atoms with Gasteiger partial charge in [-0.15, -0.1) is 11.8 Å². The van der Waals surface area contributed by atoms with E-state index in [9.17, 15) is 9.59 Å². The Morgan fingerprint density at radius 3 is 2.28 bits per heavy atom. The Kier molecular flexibility index (Phi) is 12.6. The maximum atomic E-state index is 16.4. The van der Waals surface area contributed by atoms with Crippen molar-refractivity contribution in [1.29, 1.82) is 0 Å². The molecule has 2 amide bonds. The summed E-state index contributed by atoms with van der Waals surface area (Å²) >= 11 is 4.66. The molecule has 0 radical (unpaired) electrons. The summed E-state index contributed by atoms with van der Waals surface area (Å²) in [6.07, 6.45) is 0.955. The lowest BCUT2D eigenvalue weighted by molar-refractivity contribution is 0.0523. The van der Waals surface area contributed by atoms with Crippen LogP contribution in [-0.4, -0.2) is 50.2 Å². The molecule has 0 aliphatic rings. The normalized spacial score (nSPS) is 13.0. The number of carbonyl (C=O) groups excluding carboxylic acids is 2. The molecule has 236 valence electrons. The number of benzene rings is 2. The third-order valence-electron chi connectivity index (χ3n) is 6.79. The van der Waals surface area contributed by atoms with E-state index in [1.54, 1.807) is 57.4 Å². The van der Waals surface area contributed by atoms with Crippen LogP contribution in [0.4, 0.5) is 19.7 Å². The van der Waals surface area contributed by atoms with Crippen molar-refractivity contribution in [1.82, 2.24) is 5.32 Å². The standard InChI is InChI=1S/C31H43BrFN3O5SSi/c1-12-19-15-22(25(33)24(16-19)41-43(10,11)31(5,6)7)26(27(42-9)36-29(38)39-8)35-21-13-14-23(32)20(17-21)18-34-28(37)40-30(2,3)4/h13-17H,12,18H2,1-11H3,(H,34,37)/b35-26+,36-27-. The average molecular weight is 697 g/mol. The second kappa shape index (κ2) is 14.9. The zero-order valence-electron chi connectivity index (χ0n) is 26.9. The molecule has 43 heavy (non-hydrogen) atoms. The fraction of sp³-hybridized carbons (Fsp3) is 0.484. The highest BCUT2D eigenvalue weighted by molar-refractivity contribution is 9.10. The summed E-state index contributed by atoms with van der Waals surface area (Å²) < 4.78 is 33.7. The van der Waals surface area contributed by atoms with Gasteiger partial charge in [0.2, 0.25) is 0 Å². The van der Waals surface area contributed by atoms with E-state index in [4.69, 9.17) is 18.9 Å². The first kappa shape index (κ1) is 36.5. The predicted molar refractivity (Wildman–Crippen MR) is 180 cm³/mol. The van der Waals surface area contributed by atoms with E-state index >= 15 is 4.39 Å². The molecule has 8 nitrogen and oxygen atoms in total. The van der Waals surface area contributed by atoms with Gasteiger partial charge in [0.15, 0.2) is 5.82 Å². The number of methoxy groups -OCH3 is 1. The van der Waals surface area contributed by atoms with E-state index in [0.29, 0.717) is 17.7 Å². The number of rotatable bonds is 8. The molecule has 0 saturated carbocycles. The molecule has 2 aromatic rings. The first-order valence-electron chi connectivity index (χ1n) is 13.9. The maximum Gasteiger partial charge on any atom is 0.434 e. The Morgan fingerprint density at radius 2 is 1.74 bits per heavy atom. The van der Waals surface area contributed by atoms with Crippen LogP contribution in [0.25, 0.3) is 0 Å². The third kappa shape index (κ3) is 10.5. The van der Waals surface area contributed by atoms with Crippen LogP contribution in [0.15, 0.2) is 44.8 Å². The van der Waals surface area contributed by atoms with Gasteiger partial charge in [0.25, 0.3) is 8.32 Å². The topological polar surface area (TPSA) is 98.6 Å². The quantitative estimate of drug-likeness (QED) is 0.168. The molecule has 0 spiro atoms. The molecular weight excluding hydrogens is 653 g/mol. The van der Waals surface area contributed by atoms with E-state index in [2.05, 4.69) is 60.1 Å². The molecular formula is C31H43BrFN3O5SSi. The Balaban J connectivity index is 2.75.